The van der Waals surface area contributed by atoms with Crippen molar-refractivity contribution in [1.29, 1.82) is 0 Å². The second-order valence-corrected chi connectivity index (χ2v) is 6.55. The van der Waals surface area contributed by atoms with E-state index >= 15 is 0 Å². The van der Waals surface area contributed by atoms with Gasteiger partial charge in [-0.05, 0) is 18.2 Å². The first-order valence-electron chi connectivity index (χ1n) is 5.01. The summed E-state index contributed by atoms with van der Waals surface area (Å²) in [6, 6.07) is 4.54. The Morgan fingerprint density at radius 1 is 1.50 bits per heavy atom. The van der Waals surface area contributed by atoms with Crippen LogP contribution in [0.15, 0.2) is 27.6 Å². The summed E-state index contributed by atoms with van der Waals surface area (Å²) in [5.41, 5.74) is 5.79. The molecular weight excluding hydrogens is 322 g/mol. The van der Waals surface area contributed by atoms with Crippen LogP contribution in [-0.4, -0.2) is 39.3 Å². The van der Waals surface area contributed by atoms with Crippen LogP contribution in [0.5, 0.6) is 0 Å². The number of amides is 1. The molecule has 0 unspecified atom stereocenters. The van der Waals surface area contributed by atoms with E-state index in [4.69, 9.17) is 5.73 Å². The summed E-state index contributed by atoms with van der Waals surface area (Å²) in [5.74, 6) is -0.394. The summed E-state index contributed by atoms with van der Waals surface area (Å²) in [4.78, 5) is 11.2. The smallest absolute Gasteiger partial charge is 0.245 e. The number of hydrogen-bond donors (Lipinski definition) is 2. The monoisotopic (exact) mass is 335 g/mol. The lowest BCUT2D eigenvalue weighted by Crippen LogP contribution is -2.37. The molecule has 3 N–H and O–H groups in total. The molecule has 1 aromatic rings. The first-order valence-corrected chi connectivity index (χ1v) is 7.24. The molecule has 18 heavy (non-hydrogen) atoms. The Bertz CT molecular complexity index is 559. The van der Waals surface area contributed by atoms with E-state index in [1.54, 1.807) is 6.07 Å². The highest BCUT2D eigenvalue weighted by Gasteiger charge is 2.24. The summed E-state index contributed by atoms with van der Waals surface area (Å²) in [5, 5.41) is 2.36. The summed E-state index contributed by atoms with van der Waals surface area (Å²) in [6.45, 7) is -0.259. The third-order valence-electron chi connectivity index (χ3n) is 2.31. The standard InChI is InChI=1S/C10H14BrN3O3S/c1-13-10(15)6-14(2)18(16,17)9-5-7(11)3-4-8(9)12/h3-5H,6,12H2,1-2H3,(H,13,15). The largest absolute Gasteiger partial charge is 0.398 e. The zero-order chi connectivity index (χ0) is 13.9. The number of nitrogen functional groups attached to an aromatic ring is 1. The molecule has 1 amide bonds. The van der Waals surface area contributed by atoms with Gasteiger partial charge in [0.05, 0.1) is 12.2 Å². The quantitative estimate of drug-likeness (QED) is 0.779. The summed E-state index contributed by atoms with van der Waals surface area (Å²) in [7, 11) is -1.01. The second-order valence-electron chi connectivity index (χ2n) is 3.62. The summed E-state index contributed by atoms with van der Waals surface area (Å²) < 4.78 is 26.0. The highest BCUT2D eigenvalue weighted by atomic mass is 79.9. The molecular formula is C10H14BrN3O3S. The lowest BCUT2D eigenvalue weighted by atomic mass is 10.3. The lowest BCUT2D eigenvalue weighted by Gasteiger charge is -2.17. The van der Waals surface area contributed by atoms with Crippen molar-refractivity contribution in [2.45, 2.75) is 4.90 Å². The van der Waals surface area contributed by atoms with Gasteiger partial charge in [0.1, 0.15) is 4.90 Å². The fourth-order valence-electron chi connectivity index (χ4n) is 1.27. The van der Waals surface area contributed by atoms with Gasteiger partial charge in [-0.3, -0.25) is 4.79 Å². The highest BCUT2D eigenvalue weighted by molar-refractivity contribution is 9.10. The first kappa shape index (κ1) is 14.9. The predicted octanol–water partition coefficient (Wildman–Crippen LogP) is 0.398. The Morgan fingerprint density at radius 3 is 2.67 bits per heavy atom. The number of anilines is 1. The van der Waals surface area contributed by atoms with Gasteiger partial charge < -0.3 is 11.1 Å². The topological polar surface area (TPSA) is 92.5 Å². The maximum atomic E-state index is 12.2. The number of carbonyl (C=O) groups excluding carboxylic acids is 1. The second kappa shape index (κ2) is 5.68. The van der Waals surface area contributed by atoms with Crippen molar-refractivity contribution in [2.24, 2.45) is 0 Å². The molecule has 0 aliphatic heterocycles. The van der Waals surface area contributed by atoms with Gasteiger partial charge in [-0.2, -0.15) is 4.31 Å². The molecule has 100 valence electrons. The van der Waals surface area contributed by atoms with Crippen LogP contribution in [0.3, 0.4) is 0 Å². The van der Waals surface area contributed by atoms with Gasteiger partial charge in [-0.1, -0.05) is 15.9 Å². The fraction of sp³-hybridized carbons (Fsp3) is 0.300. The SMILES string of the molecule is CNC(=O)CN(C)S(=O)(=O)c1cc(Br)ccc1N. The molecule has 6 nitrogen and oxygen atoms in total. The van der Waals surface area contributed by atoms with Gasteiger partial charge in [0.15, 0.2) is 0 Å². The van der Waals surface area contributed by atoms with E-state index in [1.807, 2.05) is 0 Å². The first-order chi connectivity index (χ1) is 8.28. The Hall–Kier alpha value is -1.12. The zero-order valence-corrected chi connectivity index (χ0v) is 12.4. The van der Waals surface area contributed by atoms with Gasteiger partial charge in [0.2, 0.25) is 15.9 Å². The molecule has 8 heteroatoms. The van der Waals surface area contributed by atoms with Crippen LogP contribution in [0, 0.1) is 0 Å². The highest BCUT2D eigenvalue weighted by Crippen LogP contribution is 2.25. The molecule has 0 bridgehead atoms. The van der Waals surface area contributed by atoms with E-state index < -0.39 is 15.9 Å². The van der Waals surface area contributed by atoms with Crippen LogP contribution in [0.4, 0.5) is 5.69 Å². The van der Waals surface area contributed by atoms with Crippen LogP contribution in [0.1, 0.15) is 0 Å². The van der Waals surface area contributed by atoms with E-state index in [1.165, 1.54) is 26.2 Å². The zero-order valence-electron chi connectivity index (χ0n) is 9.97. The molecule has 0 spiro atoms. The molecule has 0 fully saturated rings. The van der Waals surface area contributed by atoms with E-state index in [-0.39, 0.29) is 17.1 Å². The number of sulfonamides is 1. The predicted molar refractivity (Wildman–Crippen MR) is 72.4 cm³/mol. The number of hydrogen-bond acceptors (Lipinski definition) is 4. The Kier molecular flexibility index (Phi) is 4.71. The Labute approximate surface area is 114 Å². The summed E-state index contributed by atoms with van der Waals surface area (Å²) in [6.07, 6.45) is 0. The Morgan fingerprint density at radius 2 is 2.11 bits per heavy atom. The van der Waals surface area contributed by atoms with Gasteiger partial charge in [-0.25, -0.2) is 8.42 Å². The molecule has 1 rings (SSSR count). The third kappa shape index (κ3) is 3.21. The van der Waals surface area contributed by atoms with Crippen LogP contribution in [0.25, 0.3) is 0 Å². The average molecular weight is 336 g/mol. The Balaban J connectivity index is 3.13. The maximum absolute atomic E-state index is 12.2. The number of likely N-dealkylation sites (N-methyl/N-ethyl adjacent to an activating group) is 2. The van der Waals surface area contributed by atoms with Gasteiger partial charge in [0, 0.05) is 18.6 Å². The van der Waals surface area contributed by atoms with Crippen molar-refractivity contribution >= 4 is 37.5 Å². The molecule has 0 saturated carbocycles. The molecule has 0 heterocycles. The van der Waals surface area contributed by atoms with Gasteiger partial charge in [-0.15, -0.1) is 0 Å². The van der Waals surface area contributed by atoms with Crippen LogP contribution in [-0.2, 0) is 14.8 Å². The number of carbonyl (C=O) groups is 1. The van der Waals surface area contributed by atoms with E-state index in [0.29, 0.717) is 4.47 Å². The fourth-order valence-corrected chi connectivity index (χ4v) is 3.04. The van der Waals surface area contributed by atoms with Crippen molar-refractivity contribution in [1.82, 2.24) is 9.62 Å². The number of benzene rings is 1. The minimum absolute atomic E-state index is 0.0247. The normalized spacial score (nSPS) is 11.6. The molecule has 0 saturated heterocycles. The molecule has 0 atom stereocenters. The van der Waals surface area contributed by atoms with E-state index in [9.17, 15) is 13.2 Å². The number of nitrogens with one attached hydrogen (secondary N) is 1. The molecule has 0 radical (unpaired) electrons. The van der Waals surface area contributed by atoms with Crippen molar-refractivity contribution in [3.8, 4) is 0 Å². The van der Waals surface area contributed by atoms with Crippen molar-refractivity contribution in [3.63, 3.8) is 0 Å². The maximum Gasteiger partial charge on any atom is 0.245 e. The number of halogens is 1. The van der Waals surface area contributed by atoms with Crippen LogP contribution in [0.2, 0.25) is 0 Å². The van der Waals surface area contributed by atoms with E-state index in [0.717, 1.165) is 4.31 Å². The van der Waals surface area contributed by atoms with Crippen molar-refractivity contribution in [3.05, 3.63) is 22.7 Å². The van der Waals surface area contributed by atoms with Crippen LogP contribution < -0.4 is 11.1 Å². The van der Waals surface area contributed by atoms with Crippen molar-refractivity contribution < 1.29 is 13.2 Å². The number of nitrogens with zero attached hydrogens (tertiary/aromatic N) is 1. The number of rotatable bonds is 4. The lowest BCUT2D eigenvalue weighted by molar-refractivity contribution is -0.120. The average Bonchev–Trinajstić information content (AvgIpc) is 2.31. The molecule has 0 aromatic heterocycles. The molecule has 0 aliphatic carbocycles. The third-order valence-corrected chi connectivity index (χ3v) is 4.66. The minimum atomic E-state index is -3.78. The van der Waals surface area contributed by atoms with Gasteiger partial charge in [0.25, 0.3) is 0 Å². The van der Waals surface area contributed by atoms with E-state index in [2.05, 4.69) is 21.2 Å². The minimum Gasteiger partial charge on any atom is -0.398 e. The van der Waals surface area contributed by atoms with Crippen LogP contribution >= 0.6 is 15.9 Å². The van der Waals surface area contributed by atoms with Crippen molar-refractivity contribution in [2.75, 3.05) is 26.4 Å². The summed E-state index contributed by atoms with van der Waals surface area (Å²) >= 11 is 3.18. The molecule has 0 aliphatic rings. The molecule has 1 aromatic carbocycles. The number of nitrogens with two attached hydrogens (primary N) is 1. The van der Waals surface area contributed by atoms with Gasteiger partial charge >= 0.3 is 0 Å².